The quantitative estimate of drug-likeness (QED) is 0.304. The summed E-state index contributed by atoms with van der Waals surface area (Å²) in [7, 11) is -4.03. The highest BCUT2D eigenvalue weighted by molar-refractivity contribution is 7.92. The molecule has 3 aromatic carbocycles. The number of benzene rings is 3. The van der Waals surface area contributed by atoms with Gasteiger partial charge in [-0.2, -0.15) is 0 Å². The smallest absolute Gasteiger partial charge is 0.341 e. The minimum atomic E-state index is -4.03. The monoisotopic (exact) mass is 474 g/mol. The van der Waals surface area contributed by atoms with Gasteiger partial charge < -0.3 is 15.1 Å². The lowest BCUT2D eigenvalue weighted by atomic mass is 10.1. The number of rotatable bonds is 5. The van der Waals surface area contributed by atoms with Crippen LogP contribution in [0.3, 0.4) is 0 Å². The molecule has 0 unspecified atom stereocenters. The summed E-state index contributed by atoms with van der Waals surface area (Å²) in [5, 5.41) is 9.12. The maximum absolute atomic E-state index is 12.9. The first-order valence-electron chi connectivity index (χ1n) is 10.2. The molecule has 9 nitrogen and oxygen atoms in total. The maximum atomic E-state index is 12.9. The van der Waals surface area contributed by atoms with E-state index in [-0.39, 0.29) is 10.3 Å². The second kappa shape index (κ2) is 7.85. The Bertz CT molecular complexity index is 1750. The van der Waals surface area contributed by atoms with Crippen LogP contribution in [0, 0.1) is 6.92 Å². The van der Waals surface area contributed by atoms with Crippen molar-refractivity contribution in [2.24, 2.45) is 0 Å². The summed E-state index contributed by atoms with van der Waals surface area (Å²) in [5.41, 5.74) is 3.06. The number of aromatic carboxylic acids is 1. The molecule has 2 heterocycles. The number of anilines is 1. The van der Waals surface area contributed by atoms with Gasteiger partial charge in [-0.1, -0.05) is 12.1 Å². The summed E-state index contributed by atoms with van der Waals surface area (Å²) < 4.78 is 28.3. The molecule has 4 N–H and O–H groups in total. The van der Waals surface area contributed by atoms with E-state index in [0.29, 0.717) is 17.0 Å². The van der Waals surface area contributed by atoms with Crippen LogP contribution in [-0.4, -0.2) is 34.4 Å². The molecule has 0 saturated heterocycles. The summed E-state index contributed by atoms with van der Waals surface area (Å²) in [6.45, 7) is 1.98. The molecule has 0 atom stereocenters. The molecule has 5 aromatic rings. The lowest BCUT2D eigenvalue weighted by Crippen LogP contribution is -2.17. The molecule has 10 heteroatoms. The Morgan fingerprint density at radius 1 is 1.03 bits per heavy atom. The number of fused-ring (bicyclic) bond motifs is 2. The molecule has 0 aliphatic carbocycles. The molecule has 0 saturated carbocycles. The highest BCUT2D eigenvalue weighted by atomic mass is 32.2. The van der Waals surface area contributed by atoms with E-state index in [2.05, 4.69) is 19.7 Å². The Hall–Kier alpha value is -4.44. The zero-order valence-corrected chi connectivity index (χ0v) is 18.6. The summed E-state index contributed by atoms with van der Waals surface area (Å²) in [6.07, 6.45) is 1.09. The second-order valence-electron chi connectivity index (χ2n) is 7.78. The molecule has 170 valence electrons. The fourth-order valence-corrected chi connectivity index (χ4v) is 4.83. The fourth-order valence-electron chi connectivity index (χ4n) is 3.75. The molecule has 5 rings (SSSR count). The van der Waals surface area contributed by atoms with Crippen LogP contribution in [0.1, 0.15) is 15.9 Å². The molecule has 0 fully saturated rings. The van der Waals surface area contributed by atoms with Gasteiger partial charge in [0.05, 0.1) is 15.9 Å². The van der Waals surface area contributed by atoms with Crippen LogP contribution in [0.25, 0.3) is 33.3 Å². The molecule has 0 spiro atoms. The lowest BCUT2D eigenvalue weighted by molar-refractivity contribution is 0.0695. The summed E-state index contributed by atoms with van der Waals surface area (Å²) >= 11 is 0. The molecular weight excluding hydrogens is 456 g/mol. The minimum Gasteiger partial charge on any atom is -0.477 e. The van der Waals surface area contributed by atoms with Crippen molar-refractivity contribution in [3.63, 3.8) is 0 Å². The number of aryl methyl sites for hydroxylation is 1. The van der Waals surface area contributed by atoms with Gasteiger partial charge >= 0.3 is 5.97 Å². The Balaban J connectivity index is 1.45. The number of carboxylic acid groups (broad SMARTS) is 1. The Morgan fingerprint density at radius 3 is 2.50 bits per heavy atom. The number of hydrogen-bond acceptors (Lipinski definition) is 5. The summed E-state index contributed by atoms with van der Waals surface area (Å²) in [5.74, 6) is -0.726. The van der Waals surface area contributed by atoms with Crippen molar-refractivity contribution < 1.29 is 18.3 Å². The van der Waals surface area contributed by atoms with E-state index >= 15 is 0 Å². The molecule has 0 radical (unpaired) electrons. The Kier molecular flexibility index (Phi) is 4.94. The van der Waals surface area contributed by atoms with E-state index in [4.69, 9.17) is 5.11 Å². The third-order valence-electron chi connectivity index (χ3n) is 5.52. The predicted octanol–water partition coefficient (Wildman–Crippen LogP) is 3.88. The molecule has 0 aliphatic rings. The van der Waals surface area contributed by atoms with E-state index in [9.17, 15) is 18.0 Å². The first kappa shape index (κ1) is 21.4. The average Bonchev–Trinajstić information content (AvgIpc) is 3.25. The maximum Gasteiger partial charge on any atom is 0.341 e. The standard InChI is InChI=1S/C24H18N4O5S/c1-13-3-2-4-20-21(13)27-23(26-20)14-5-7-15(8-6-14)28-34(32,33)16-9-10-19-17(11-16)22(29)18(12-25-19)24(30)31/h2-12,28H,1H3,(H,25,29)(H,26,27)(H,30,31). The van der Waals surface area contributed by atoms with Gasteiger partial charge in [0.25, 0.3) is 10.0 Å². The Morgan fingerprint density at radius 2 is 1.79 bits per heavy atom. The van der Waals surface area contributed by atoms with E-state index < -0.39 is 27.0 Å². The van der Waals surface area contributed by atoms with E-state index in [1.165, 1.54) is 12.1 Å². The third-order valence-corrected chi connectivity index (χ3v) is 6.90. The van der Waals surface area contributed by atoms with Crippen LogP contribution >= 0.6 is 0 Å². The van der Waals surface area contributed by atoms with Crippen LogP contribution in [0.4, 0.5) is 5.69 Å². The molecule has 0 amide bonds. The summed E-state index contributed by atoms with van der Waals surface area (Å²) in [6, 6.07) is 16.5. The lowest BCUT2D eigenvalue weighted by Gasteiger charge is -2.09. The van der Waals surface area contributed by atoms with Gasteiger partial charge in [0.2, 0.25) is 5.43 Å². The number of nitrogens with zero attached hydrogens (tertiary/aromatic N) is 1. The first-order chi connectivity index (χ1) is 16.2. The van der Waals surface area contributed by atoms with Gasteiger partial charge in [-0.15, -0.1) is 0 Å². The van der Waals surface area contributed by atoms with Gasteiger partial charge in [-0.25, -0.2) is 18.2 Å². The van der Waals surface area contributed by atoms with Gasteiger partial charge in [-0.05, 0) is 61.0 Å². The fraction of sp³-hybridized carbons (Fsp3) is 0.0417. The first-order valence-corrected chi connectivity index (χ1v) is 11.7. The number of nitrogens with one attached hydrogen (secondary N) is 3. The second-order valence-corrected chi connectivity index (χ2v) is 9.47. The number of sulfonamides is 1. The van der Waals surface area contributed by atoms with Crippen LogP contribution in [0.2, 0.25) is 0 Å². The normalized spacial score (nSPS) is 11.7. The van der Waals surface area contributed by atoms with Gasteiger partial charge in [0.1, 0.15) is 11.4 Å². The predicted molar refractivity (Wildman–Crippen MR) is 129 cm³/mol. The molecule has 34 heavy (non-hydrogen) atoms. The number of para-hydroxylation sites is 1. The van der Waals surface area contributed by atoms with Gasteiger partial charge in [0, 0.05) is 28.4 Å². The number of imidazole rings is 1. The van der Waals surface area contributed by atoms with Crippen LogP contribution in [-0.2, 0) is 10.0 Å². The zero-order chi connectivity index (χ0) is 24.0. The van der Waals surface area contributed by atoms with Crippen molar-refractivity contribution in [2.45, 2.75) is 11.8 Å². The van der Waals surface area contributed by atoms with E-state index in [0.717, 1.165) is 34.4 Å². The molecule has 0 aliphatic heterocycles. The number of carbonyl (C=O) groups is 1. The topological polar surface area (TPSA) is 145 Å². The highest BCUT2D eigenvalue weighted by Crippen LogP contribution is 2.25. The minimum absolute atomic E-state index is 0.0294. The molecule has 2 aromatic heterocycles. The van der Waals surface area contributed by atoms with Gasteiger partial charge in [-0.3, -0.25) is 9.52 Å². The summed E-state index contributed by atoms with van der Waals surface area (Å²) in [4.78, 5) is 34.1. The van der Waals surface area contributed by atoms with E-state index in [1.54, 1.807) is 24.3 Å². The molecular formula is C24H18N4O5S. The van der Waals surface area contributed by atoms with Crippen LogP contribution in [0.5, 0.6) is 0 Å². The third kappa shape index (κ3) is 3.69. The van der Waals surface area contributed by atoms with Crippen LogP contribution in [0.15, 0.2) is 76.6 Å². The average molecular weight is 474 g/mol. The number of carboxylic acids is 1. The van der Waals surface area contributed by atoms with Crippen molar-refractivity contribution in [3.05, 3.63) is 88.2 Å². The number of aromatic nitrogens is 3. The SMILES string of the molecule is Cc1cccc2[nH]c(-c3ccc(NS(=O)(=O)c4ccc5[nH]cc(C(=O)O)c(=O)c5c4)cc3)nc12. The van der Waals surface area contributed by atoms with Crippen molar-refractivity contribution in [1.29, 1.82) is 0 Å². The number of pyridine rings is 1. The van der Waals surface area contributed by atoms with E-state index in [1.807, 2.05) is 25.1 Å². The molecule has 0 bridgehead atoms. The highest BCUT2D eigenvalue weighted by Gasteiger charge is 2.18. The zero-order valence-electron chi connectivity index (χ0n) is 17.8. The van der Waals surface area contributed by atoms with Crippen molar-refractivity contribution in [2.75, 3.05) is 4.72 Å². The van der Waals surface area contributed by atoms with Crippen LogP contribution < -0.4 is 10.2 Å². The largest absolute Gasteiger partial charge is 0.477 e. The van der Waals surface area contributed by atoms with Crippen molar-refractivity contribution in [3.8, 4) is 11.4 Å². The number of hydrogen-bond donors (Lipinski definition) is 4. The number of H-pyrrole nitrogens is 2. The van der Waals surface area contributed by atoms with Gasteiger partial charge in [0.15, 0.2) is 0 Å². The Labute approximate surface area is 193 Å². The number of aromatic amines is 2. The van der Waals surface area contributed by atoms with Crippen molar-refractivity contribution in [1.82, 2.24) is 15.0 Å². The van der Waals surface area contributed by atoms with Crippen molar-refractivity contribution >= 4 is 43.6 Å².